The van der Waals surface area contributed by atoms with E-state index < -0.39 is 5.41 Å². The van der Waals surface area contributed by atoms with Crippen molar-refractivity contribution in [3.8, 4) is 0 Å². The first-order chi connectivity index (χ1) is 12.6. The lowest BCUT2D eigenvalue weighted by Gasteiger charge is -2.40. The molecule has 27 heavy (non-hydrogen) atoms. The van der Waals surface area contributed by atoms with Crippen molar-refractivity contribution < 1.29 is 14.3 Å². The number of nitrogens with one attached hydrogen (secondary N) is 2. The number of benzene rings is 1. The molecule has 0 radical (unpaired) electrons. The van der Waals surface area contributed by atoms with Gasteiger partial charge in [0, 0.05) is 37.3 Å². The van der Waals surface area contributed by atoms with Crippen molar-refractivity contribution in [1.82, 2.24) is 10.6 Å². The highest BCUT2D eigenvalue weighted by Gasteiger charge is 2.43. The Morgan fingerprint density at radius 2 is 1.81 bits per heavy atom. The molecule has 2 aliphatic heterocycles. The Morgan fingerprint density at radius 1 is 1.19 bits per heavy atom. The lowest BCUT2D eigenvalue weighted by atomic mass is 9.72. The van der Waals surface area contributed by atoms with Gasteiger partial charge < -0.3 is 20.1 Å². The molecule has 2 fully saturated rings. The van der Waals surface area contributed by atoms with Crippen LogP contribution in [0.4, 0.5) is 0 Å². The maximum Gasteiger partial charge on any atom is 0.230 e. The summed E-state index contributed by atoms with van der Waals surface area (Å²) >= 11 is 6.05. The zero-order valence-electron chi connectivity index (χ0n) is 15.9. The normalized spacial score (nSPS) is 21.1. The van der Waals surface area contributed by atoms with Crippen LogP contribution in [0.5, 0.6) is 0 Å². The van der Waals surface area contributed by atoms with Crippen LogP contribution in [0.15, 0.2) is 24.3 Å². The van der Waals surface area contributed by atoms with E-state index in [9.17, 15) is 4.79 Å². The van der Waals surface area contributed by atoms with Gasteiger partial charge in [-0.15, -0.1) is 12.4 Å². The first-order valence-corrected chi connectivity index (χ1v) is 9.80. The van der Waals surface area contributed by atoms with E-state index in [0.29, 0.717) is 44.2 Å². The summed E-state index contributed by atoms with van der Waals surface area (Å²) in [6.45, 7) is 4.46. The fourth-order valence-corrected chi connectivity index (χ4v) is 4.33. The predicted octanol–water partition coefficient (Wildman–Crippen LogP) is 2.94. The van der Waals surface area contributed by atoms with Crippen LogP contribution in [-0.4, -0.2) is 52.5 Å². The van der Waals surface area contributed by atoms with Crippen LogP contribution < -0.4 is 10.6 Å². The highest BCUT2D eigenvalue weighted by atomic mass is 35.5. The van der Waals surface area contributed by atoms with E-state index in [2.05, 4.69) is 10.6 Å². The van der Waals surface area contributed by atoms with Crippen LogP contribution in [0.2, 0.25) is 5.02 Å². The number of rotatable bonds is 6. The topological polar surface area (TPSA) is 59.6 Å². The van der Waals surface area contributed by atoms with Crippen molar-refractivity contribution in [2.75, 3.05) is 46.6 Å². The zero-order valence-corrected chi connectivity index (χ0v) is 17.5. The molecule has 152 valence electrons. The van der Waals surface area contributed by atoms with E-state index in [4.69, 9.17) is 21.1 Å². The number of ether oxygens (including phenoxy) is 2. The molecule has 0 spiro atoms. The number of piperidine rings is 1. The van der Waals surface area contributed by atoms with Gasteiger partial charge in [-0.2, -0.15) is 0 Å². The minimum atomic E-state index is -0.538. The fraction of sp³-hybridized carbons (Fsp3) is 0.650. The van der Waals surface area contributed by atoms with Gasteiger partial charge in [-0.1, -0.05) is 23.7 Å². The second-order valence-electron chi connectivity index (χ2n) is 7.57. The van der Waals surface area contributed by atoms with Crippen LogP contribution in [0.25, 0.3) is 0 Å². The molecule has 3 rings (SSSR count). The van der Waals surface area contributed by atoms with Gasteiger partial charge >= 0.3 is 0 Å². The van der Waals surface area contributed by atoms with Crippen molar-refractivity contribution in [3.05, 3.63) is 34.9 Å². The number of halogens is 2. The van der Waals surface area contributed by atoms with E-state index in [0.717, 1.165) is 31.5 Å². The third-order valence-corrected chi connectivity index (χ3v) is 6.17. The average Bonchev–Trinajstić information content (AvgIpc) is 2.68. The SMILES string of the molecule is COCC1(CNC(=O)C2(c3ccc(Cl)cc3)CCOCC2)CCNCC1.Cl. The molecule has 2 saturated heterocycles. The molecule has 0 aliphatic carbocycles. The minimum absolute atomic E-state index is 0. The summed E-state index contributed by atoms with van der Waals surface area (Å²) in [7, 11) is 1.74. The van der Waals surface area contributed by atoms with Gasteiger partial charge in [0.05, 0.1) is 12.0 Å². The lowest BCUT2D eigenvalue weighted by molar-refractivity contribution is -0.131. The number of amides is 1. The molecule has 2 N–H and O–H groups in total. The van der Waals surface area contributed by atoms with Crippen molar-refractivity contribution in [1.29, 1.82) is 0 Å². The summed E-state index contributed by atoms with van der Waals surface area (Å²) in [5, 5.41) is 7.34. The lowest BCUT2D eigenvalue weighted by Crippen LogP contribution is -2.53. The standard InChI is InChI=1S/C20H29ClN2O3.ClH/c1-25-15-19(6-10-22-11-7-19)14-23-18(24)20(8-12-26-13-9-20)16-2-4-17(21)5-3-16;/h2-5,22H,6-15H2,1H3,(H,23,24);1H. The molecule has 5 nitrogen and oxygen atoms in total. The maximum absolute atomic E-state index is 13.3. The molecule has 0 atom stereocenters. The van der Waals surface area contributed by atoms with Crippen LogP contribution in [-0.2, 0) is 19.7 Å². The molecule has 2 heterocycles. The Bertz CT molecular complexity index is 592. The van der Waals surface area contributed by atoms with Gasteiger partial charge in [0.2, 0.25) is 5.91 Å². The summed E-state index contributed by atoms with van der Waals surface area (Å²) in [5.74, 6) is 0.0946. The highest BCUT2D eigenvalue weighted by molar-refractivity contribution is 6.30. The third-order valence-electron chi connectivity index (χ3n) is 5.92. The van der Waals surface area contributed by atoms with Gasteiger partial charge in [0.25, 0.3) is 0 Å². The van der Waals surface area contributed by atoms with E-state index in [1.807, 2.05) is 24.3 Å². The molecule has 1 amide bonds. The molecule has 0 aromatic heterocycles. The van der Waals surface area contributed by atoms with Crippen LogP contribution >= 0.6 is 24.0 Å². The van der Waals surface area contributed by atoms with Gasteiger partial charge in [-0.05, 0) is 56.5 Å². The number of carbonyl (C=O) groups is 1. The number of hydrogen-bond acceptors (Lipinski definition) is 4. The highest BCUT2D eigenvalue weighted by Crippen LogP contribution is 2.36. The largest absolute Gasteiger partial charge is 0.384 e. The van der Waals surface area contributed by atoms with E-state index in [1.54, 1.807) is 7.11 Å². The van der Waals surface area contributed by atoms with Gasteiger partial charge in [0.15, 0.2) is 0 Å². The summed E-state index contributed by atoms with van der Waals surface area (Å²) in [4.78, 5) is 13.3. The first kappa shape index (κ1) is 22.4. The Labute approximate surface area is 172 Å². The number of methoxy groups -OCH3 is 1. The van der Waals surface area contributed by atoms with E-state index in [-0.39, 0.29) is 23.7 Å². The summed E-state index contributed by atoms with van der Waals surface area (Å²) in [6.07, 6.45) is 3.41. The van der Waals surface area contributed by atoms with Gasteiger partial charge in [0.1, 0.15) is 0 Å². The average molecular weight is 417 g/mol. The molecule has 1 aromatic rings. The Kier molecular flexibility index (Phi) is 8.38. The Hall–Kier alpha value is -0.850. The second kappa shape index (κ2) is 10.1. The Balaban J connectivity index is 0.00000261. The number of hydrogen-bond donors (Lipinski definition) is 2. The van der Waals surface area contributed by atoms with E-state index >= 15 is 0 Å². The summed E-state index contributed by atoms with van der Waals surface area (Å²) < 4.78 is 11.0. The Morgan fingerprint density at radius 3 is 2.41 bits per heavy atom. The van der Waals surface area contributed by atoms with Crippen molar-refractivity contribution in [3.63, 3.8) is 0 Å². The summed E-state index contributed by atoms with van der Waals surface area (Å²) in [6, 6.07) is 7.67. The van der Waals surface area contributed by atoms with Crippen LogP contribution in [0.3, 0.4) is 0 Å². The zero-order chi connectivity index (χ0) is 18.5. The fourth-order valence-electron chi connectivity index (χ4n) is 4.21. The van der Waals surface area contributed by atoms with Crippen LogP contribution in [0, 0.1) is 5.41 Å². The molecule has 1 aromatic carbocycles. The van der Waals surface area contributed by atoms with E-state index in [1.165, 1.54) is 0 Å². The third kappa shape index (κ3) is 5.15. The summed E-state index contributed by atoms with van der Waals surface area (Å²) in [5.41, 5.74) is 0.500. The van der Waals surface area contributed by atoms with Crippen LogP contribution in [0.1, 0.15) is 31.2 Å². The molecule has 0 bridgehead atoms. The molecular formula is C20H30Cl2N2O3. The second-order valence-corrected chi connectivity index (χ2v) is 8.00. The van der Waals surface area contributed by atoms with Crippen molar-refractivity contribution in [2.45, 2.75) is 31.1 Å². The maximum atomic E-state index is 13.3. The molecule has 2 aliphatic rings. The van der Waals surface area contributed by atoms with Crippen molar-refractivity contribution >= 4 is 29.9 Å². The molecular weight excluding hydrogens is 387 g/mol. The van der Waals surface area contributed by atoms with Gasteiger partial charge in [-0.25, -0.2) is 0 Å². The quantitative estimate of drug-likeness (QED) is 0.748. The molecule has 7 heteroatoms. The molecule has 0 saturated carbocycles. The number of carbonyl (C=O) groups excluding carboxylic acids is 1. The smallest absolute Gasteiger partial charge is 0.230 e. The first-order valence-electron chi connectivity index (χ1n) is 9.42. The minimum Gasteiger partial charge on any atom is -0.384 e. The van der Waals surface area contributed by atoms with Gasteiger partial charge in [-0.3, -0.25) is 4.79 Å². The predicted molar refractivity (Wildman–Crippen MR) is 110 cm³/mol. The van der Waals surface area contributed by atoms with Crippen molar-refractivity contribution in [2.24, 2.45) is 5.41 Å². The monoisotopic (exact) mass is 416 g/mol. The molecule has 0 unspecified atom stereocenters.